The van der Waals surface area contributed by atoms with Gasteiger partial charge in [-0.3, -0.25) is 0 Å². The van der Waals surface area contributed by atoms with Crippen LogP contribution in [0.15, 0.2) is 18.5 Å². The van der Waals surface area contributed by atoms with E-state index < -0.39 is 0 Å². The van der Waals surface area contributed by atoms with Crippen LogP contribution in [0.3, 0.4) is 0 Å². The Kier molecular flexibility index (Phi) is 5.08. The standard InChI is InChI=1S/C14H15ClIN3OS/c1-9(8-20-21-16)11-6-18-14(19-3-2-4-19)12-7-17-13(15)5-10(11)12/h5-7,9H,2-4,8H2,1H3. The number of aromatic nitrogens is 2. The topological polar surface area (TPSA) is 38.2 Å². The Bertz CT molecular complexity index is 653. The second kappa shape index (κ2) is 6.85. The van der Waals surface area contributed by atoms with E-state index in [9.17, 15) is 0 Å². The maximum absolute atomic E-state index is 6.10. The molecule has 1 fully saturated rings. The molecule has 3 rings (SSSR count). The molecule has 1 atom stereocenters. The van der Waals surface area contributed by atoms with Gasteiger partial charge in [-0.05, 0) is 23.4 Å². The molecule has 0 aliphatic carbocycles. The van der Waals surface area contributed by atoms with Crippen LogP contribution in [0.5, 0.6) is 0 Å². The summed E-state index contributed by atoms with van der Waals surface area (Å²) in [5.41, 5.74) is 1.16. The first kappa shape index (κ1) is 15.6. The fourth-order valence-corrected chi connectivity index (χ4v) is 3.36. The number of halogens is 2. The first-order valence-corrected chi connectivity index (χ1v) is 10.5. The lowest BCUT2D eigenvalue weighted by Crippen LogP contribution is -2.37. The van der Waals surface area contributed by atoms with E-state index in [1.54, 1.807) is 0 Å². The zero-order chi connectivity index (χ0) is 14.8. The fourth-order valence-electron chi connectivity index (χ4n) is 2.51. The quantitative estimate of drug-likeness (QED) is 0.389. The van der Waals surface area contributed by atoms with Crippen LogP contribution in [0.4, 0.5) is 5.82 Å². The lowest BCUT2D eigenvalue weighted by molar-refractivity contribution is 0.352. The van der Waals surface area contributed by atoms with Crippen LogP contribution in [0.1, 0.15) is 24.8 Å². The molecule has 1 aliphatic heterocycles. The molecule has 0 N–H and O–H groups in total. The molecule has 0 bridgehead atoms. The van der Waals surface area contributed by atoms with Crippen LogP contribution in [0.2, 0.25) is 5.15 Å². The molecule has 7 heteroatoms. The van der Waals surface area contributed by atoms with E-state index in [4.69, 9.17) is 15.8 Å². The third-order valence-corrected chi connectivity index (χ3v) is 4.99. The summed E-state index contributed by atoms with van der Waals surface area (Å²) in [7, 11) is 1.36. The van der Waals surface area contributed by atoms with Crippen LogP contribution >= 0.6 is 42.0 Å². The summed E-state index contributed by atoms with van der Waals surface area (Å²) < 4.78 is 5.46. The minimum Gasteiger partial charge on any atom is -0.356 e. The van der Waals surface area contributed by atoms with Gasteiger partial charge in [-0.15, -0.1) is 0 Å². The molecule has 0 saturated carbocycles. The van der Waals surface area contributed by atoms with E-state index in [0.717, 1.165) is 35.2 Å². The van der Waals surface area contributed by atoms with Crippen molar-refractivity contribution in [2.24, 2.45) is 0 Å². The third kappa shape index (κ3) is 3.23. The predicted molar refractivity (Wildman–Crippen MR) is 97.4 cm³/mol. The number of hydrogen-bond acceptors (Lipinski definition) is 5. The van der Waals surface area contributed by atoms with Gasteiger partial charge in [0.1, 0.15) is 11.0 Å². The van der Waals surface area contributed by atoms with Gasteiger partial charge >= 0.3 is 0 Å². The Labute approximate surface area is 145 Å². The second-order valence-corrected chi connectivity index (χ2v) is 7.01. The summed E-state index contributed by atoms with van der Waals surface area (Å²) in [6.45, 7) is 4.91. The fraction of sp³-hybridized carbons (Fsp3) is 0.429. The smallest absolute Gasteiger partial charge is 0.137 e. The van der Waals surface area contributed by atoms with Gasteiger partial charge in [-0.1, -0.05) is 18.5 Å². The molecule has 2 aromatic heterocycles. The van der Waals surface area contributed by atoms with E-state index in [1.165, 1.54) is 15.6 Å². The number of fused-ring (bicyclic) bond motifs is 1. The minimum absolute atomic E-state index is 0.256. The molecule has 1 unspecified atom stereocenters. The molecule has 0 radical (unpaired) electrons. The highest BCUT2D eigenvalue weighted by Gasteiger charge is 2.21. The predicted octanol–water partition coefficient (Wildman–Crippen LogP) is 4.61. The van der Waals surface area contributed by atoms with Gasteiger partial charge in [0.05, 0.1) is 15.8 Å². The highest BCUT2D eigenvalue weighted by atomic mass is 127. The molecule has 0 spiro atoms. The number of hydrogen-bond donors (Lipinski definition) is 0. The van der Waals surface area contributed by atoms with Crippen LogP contribution in [-0.2, 0) is 4.18 Å². The Morgan fingerprint density at radius 3 is 2.86 bits per heavy atom. The molecule has 0 amide bonds. The average Bonchev–Trinajstić information content (AvgIpc) is 2.42. The van der Waals surface area contributed by atoms with E-state index >= 15 is 0 Å². The summed E-state index contributed by atoms with van der Waals surface area (Å²) in [6.07, 6.45) is 5.02. The number of anilines is 1. The van der Waals surface area contributed by atoms with Crippen molar-refractivity contribution < 1.29 is 4.18 Å². The molecule has 3 heterocycles. The molecule has 21 heavy (non-hydrogen) atoms. The first-order valence-electron chi connectivity index (χ1n) is 6.80. The highest BCUT2D eigenvalue weighted by molar-refractivity contribution is 14.2. The van der Waals surface area contributed by atoms with Gasteiger partial charge in [-0.25, -0.2) is 9.97 Å². The van der Waals surface area contributed by atoms with Crippen molar-refractivity contribution in [1.29, 1.82) is 0 Å². The monoisotopic (exact) mass is 435 g/mol. The van der Waals surface area contributed by atoms with Crippen molar-refractivity contribution in [1.82, 2.24) is 9.97 Å². The molecule has 4 nitrogen and oxygen atoms in total. The summed E-state index contributed by atoms with van der Waals surface area (Å²) >= 11 is 8.23. The average molecular weight is 436 g/mol. The van der Waals surface area contributed by atoms with E-state index in [-0.39, 0.29) is 5.92 Å². The van der Waals surface area contributed by atoms with Crippen molar-refractivity contribution in [3.05, 3.63) is 29.2 Å². The summed E-state index contributed by atoms with van der Waals surface area (Å²) in [5.74, 6) is 1.27. The normalized spacial score (nSPS) is 16.0. The van der Waals surface area contributed by atoms with Crippen molar-refractivity contribution in [3.63, 3.8) is 0 Å². The van der Waals surface area contributed by atoms with E-state index in [0.29, 0.717) is 11.8 Å². The SMILES string of the molecule is CC(COSI)c1cnc(N2CCC2)c2cnc(Cl)cc12. The van der Waals surface area contributed by atoms with Crippen molar-refractivity contribution >= 4 is 58.6 Å². The van der Waals surface area contributed by atoms with Crippen LogP contribution in [0.25, 0.3) is 10.8 Å². The van der Waals surface area contributed by atoms with Gasteiger partial charge in [0.2, 0.25) is 0 Å². The zero-order valence-electron chi connectivity index (χ0n) is 11.6. The summed E-state index contributed by atoms with van der Waals surface area (Å²) in [5, 5.41) is 2.72. The van der Waals surface area contributed by atoms with Crippen LogP contribution < -0.4 is 4.90 Å². The summed E-state index contributed by atoms with van der Waals surface area (Å²) in [6, 6.07) is 1.94. The molecular formula is C14H15ClIN3OS. The van der Waals surface area contributed by atoms with Gasteiger partial charge in [-0.2, -0.15) is 0 Å². The maximum Gasteiger partial charge on any atom is 0.137 e. The van der Waals surface area contributed by atoms with Crippen molar-refractivity contribution in [2.75, 3.05) is 24.6 Å². The van der Waals surface area contributed by atoms with Gasteiger partial charge in [0.25, 0.3) is 0 Å². The molecule has 112 valence electrons. The molecule has 1 aliphatic rings. The lowest BCUT2D eigenvalue weighted by atomic mass is 9.98. The van der Waals surface area contributed by atoms with Crippen LogP contribution in [-0.4, -0.2) is 29.7 Å². The van der Waals surface area contributed by atoms with Gasteiger partial charge in [0, 0.05) is 58.0 Å². The van der Waals surface area contributed by atoms with E-state index in [1.807, 2.05) is 18.5 Å². The molecule has 1 saturated heterocycles. The maximum atomic E-state index is 6.10. The van der Waals surface area contributed by atoms with Crippen LogP contribution in [0, 0.1) is 0 Å². The summed E-state index contributed by atoms with van der Waals surface area (Å²) in [4.78, 5) is 11.2. The van der Waals surface area contributed by atoms with Gasteiger partial charge in [0.15, 0.2) is 0 Å². The Morgan fingerprint density at radius 2 is 2.19 bits per heavy atom. The zero-order valence-corrected chi connectivity index (χ0v) is 15.3. The molecular weight excluding hydrogens is 421 g/mol. The third-order valence-electron chi connectivity index (χ3n) is 3.80. The number of pyridine rings is 2. The lowest BCUT2D eigenvalue weighted by Gasteiger charge is -2.33. The minimum atomic E-state index is 0.256. The van der Waals surface area contributed by atoms with Gasteiger partial charge < -0.3 is 9.08 Å². The highest BCUT2D eigenvalue weighted by Crippen LogP contribution is 2.34. The van der Waals surface area contributed by atoms with Crippen molar-refractivity contribution in [3.8, 4) is 0 Å². The Balaban J connectivity index is 2.06. The first-order chi connectivity index (χ1) is 10.2. The Morgan fingerprint density at radius 1 is 1.38 bits per heavy atom. The second-order valence-electron chi connectivity index (χ2n) is 5.18. The van der Waals surface area contributed by atoms with E-state index in [2.05, 4.69) is 43.0 Å². The molecule has 0 aromatic carbocycles. The molecule has 2 aromatic rings. The Hall–Kier alpha value is -0.310. The van der Waals surface area contributed by atoms with Crippen molar-refractivity contribution in [2.45, 2.75) is 19.3 Å². The number of nitrogens with zero attached hydrogens (tertiary/aromatic N) is 3. The number of rotatable bonds is 5. The largest absolute Gasteiger partial charge is 0.356 e.